The molecule has 3 aromatic rings. The summed E-state index contributed by atoms with van der Waals surface area (Å²) in [5.74, 6) is -0.258. The van der Waals surface area contributed by atoms with Crippen LogP contribution in [-0.2, 0) is 37.5 Å². The lowest BCUT2D eigenvalue weighted by molar-refractivity contribution is -0.151. The van der Waals surface area contributed by atoms with Gasteiger partial charge in [0.1, 0.15) is 18.2 Å². The molecule has 7 rings (SSSR count). The second kappa shape index (κ2) is 16.0. The highest BCUT2D eigenvalue weighted by Gasteiger charge is 2.46. The molecule has 13 heteroatoms. The summed E-state index contributed by atoms with van der Waals surface area (Å²) in [6.07, 6.45) is 5.11. The first-order valence-electron chi connectivity index (χ1n) is 20.1. The molecule has 13 nitrogen and oxygen atoms in total. The van der Waals surface area contributed by atoms with E-state index in [9.17, 15) is 24.0 Å². The van der Waals surface area contributed by atoms with E-state index in [0.29, 0.717) is 44.1 Å². The molecule has 0 saturated carbocycles. The van der Waals surface area contributed by atoms with Crippen LogP contribution in [0.2, 0.25) is 0 Å². The Morgan fingerprint density at radius 2 is 1.67 bits per heavy atom. The lowest BCUT2D eigenvalue weighted by atomic mass is 9.84. The van der Waals surface area contributed by atoms with E-state index in [0.717, 1.165) is 68.4 Å². The fraction of sp³-hybridized carbons (Fsp3) is 0.595. The van der Waals surface area contributed by atoms with Gasteiger partial charge in [-0.3, -0.25) is 38.5 Å². The third-order valence-electron chi connectivity index (χ3n) is 12.5. The number of aromatic nitrogens is 2. The van der Waals surface area contributed by atoms with Gasteiger partial charge in [-0.25, -0.2) is 4.79 Å². The van der Waals surface area contributed by atoms with Gasteiger partial charge in [0.15, 0.2) is 0 Å². The summed E-state index contributed by atoms with van der Waals surface area (Å²) in [6, 6.07) is 14.1. The van der Waals surface area contributed by atoms with Crippen LogP contribution < -0.4 is 16.7 Å². The average molecular weight is 756 g/mol. The number of nitrogens with two attached hydrogens (primary N) is 1. The predicted molar refractivity (Wildman–Crippen MR) is 209 cm³/mol. The second-order valence-electron chi connectivity index (χ2n) is 17.2. The molecule has 4 aliphatic rings. The van der Waals surface area contributed by atoms with Crippen molar-refractivity contribution in [3.05, 3.63) is 70.1 Å². The number of imide groups is 1. The van der Waals surface area contributed by atoms with Crippen molar-refractivity contribution in [2.24, 2.45) is 30.0 Å². The smallest absolute Gasteiger partial charge is 0.329 e. The number of morpholine rings is 1. The van der Waals surface area contributed by atoms with E-state index in [1.807, 2.05) is 74.2 Å². The summed E-state index contributed by atoms with van der Waals surface area (Å²) in [4.78, 5) is 72.0. The summed E-state index contributed by atoms with van der Waals surface area (Å²) in [5.41, 5.74) is 9.45. The van der Waals surface area contributed by atoms with E-state index in [-0.39, 0.29) is 41.9 Å². The molecule has 1 unspecified atom stereocenters. The van der Waals surface area contributed by atoms with Gasteiger partial charge in [-0.05, 0) is 92.1 Å². The number of imidazole rings is 1. The number of hydrogen-bond acceptors (Lipinski definition) is 8. The fourth-order valence-electron chi connectivity index (χ4n) is 9.07. The summed E-state index contributed by atoms with van der Waals surface area (Å²) in [7, 11) is 1.72. The van der Waals surface area contributed by atoms with Crippen molar-refractivity contribution >= 4 is 34.7 Å². The third-order valence-corrected chi connectivity index (χ3v) is 12.5. The van der Waals surface area contributed by atoms with Crippen LogP contribution in [0, 0.1) is 17.3 Å². The summed E-state index contributed by atoms with van der Waals surface area (Å²) >= 11 is 0. The van der Waals surface area contributed by atoms with Crippen LogP contribution in [0.5, 0.6) is 0 Å². The summed E-state index contributed by atoms with van der Waals surface area (Å²) < 4.78 is 9.19. The van der Waals surface area contributed by atoms with Crippen LogP contribution in [0.4, 0.5) is 0 Å². The largest absolute Gasteiger partial charge is 0.370 e. The SMILES string of the molecule is Cn1c(=O)n(C2CCC(=O)NC2=O)c2ccc(CN3CCC(CC[C@@H]4CCN(C(=O)[C@@H](N)C(C)(C)C)[C@@H]4C(=O)N4CCO[C@H](c5ccccc5)C4)CC3)cc21. The first-order valence-corrected chi connectivity index (χ1v) is 20.1. The quantitative estimate of drug-likeness (QED) is 0.315. The molecule has 5 heterocycles. The lowest BCUT2D eigenvalue weighted by Gasteiger charge is -2.39. The van der Waals surface area contributed by atoms with Gasteiger partial charge in [-0.1, -0.05) is 57.2 Å². The number of likely N-dealkylation sites (tertiary alicyclic amines) is 2. The monoisotopic (exact) mass is 755 g/mol. The lowest BCUT2D eigenvalue weighted by Crippen LogP contribution is -2.57. The predicted octanol–water partition coefficient (Wildman–Crippen LogP) is 3.50. The highest BCUT2D eigenvalue weighted by Crippen LogP contribution is 2.36. The first kappa shape index (κ1) is 38.9. The number of carbonyl (C=O) groups excluding carboxylic acids is 4. The van der Waals surface area contributed by atoms with E-state index in [1.54, 1.807) is 16.5 Å². The zero-order valence-electron chi connectivity index (χ0n) is 32.7. The van der Waals surface area contributed by atoms with Gasteiger partial charge in [-0.2, -0.15) is 0 Å². The van der Waals surface area contributed by atoms with E-state index >= 15 is 0 Å². The second-order valence-corrected chi connectivity index (χ2v) is 17.2. The van der Waals surface area contributed by atoms with Gasteiger partial charge in [0.25, 0.3) is 0 Å². The van der Waals surface area contributed by atoms with Gasteiger partial charge in [0.2, 0.25) is 23.6 Å². The number of nitrogens with one attached hydrogen (secondary N) is 1. The summed E-state index contributed by atoms with van der Waals surface area (Å²) in [5, 5.41) is 2.37. The molecule has 5 atom stereocenters. The van der Waals surface area contributed by atoms with Gasteiger partial charge in [0, 0.05) is 33.1 Å². The molecule has 0 bridgehead atoms. The Bertz CT molecular complexity index is 1960. The Morgan fingerprint density at radius 3 is 2.38 bits per heavy atom. The molecule has 2 aromatic carbocycles. The minimum atomic E-state index is -0.701. The molecule has 55 heavy (non-hydrogen) atoms. The molecule has 0 spiro atoms. The number of fused-ring (bicyclic) bond motifs is 1. The van der Waals surface area contributed by atoms with Gasteiger partial charge < -0.3 is 20.3 Å². The van der Waals surface area contributed by atoms with Crippen LogP contribution in [0.1, 0.15) is 89.0 Å². The van der Waals surface area contributed by atoms with Crippen LogP contribution >= 0.6 is 0 Å². The average Bonchev–Trinajstić information content (AvgIpc) is 3.71. The molecular weight excluding hydrogens is 699 g/mol. The van der Waals surface area contributed by atoms with Crippen molar-refractivity contribution < 1.29 is 23.9 Å². The number of benzene rings is 2. The number of carbonyl (C=O) groups is 4. The Labute approximate surface area is 323 Å². The van der Waals surface area contributed by atoms with Crippen molar-refractivity contribution in [1.29, 1.82) is 0 Å². The van der Waals surface area contributed by atoms with Gasteiger partial charge in [-0.15, -0.1) is 0 Å². The zero-order chi connectivity index (χ0) is 39.0. The molecule has 0 radical (unpaired) electrons. The minimum absolute atomic E-state index is 0.0120. The van der Waals surface area contributed by atoms with E-state index in [2.05, 4.69) is 10.2 Å². The highest BCUT2D eigenvalue weighted by molar-refractivity contribution is 6.00. The highest BCUT2D eigenvalue weighted by atomic mass is 16.5. The topological polar surface area (TPSA) is 152 Å². The standard InChI is InChI=1S/C42H57N7O6/c1-42(2,3)37(43)40(53)48-21-18-30(36(48)39(52)47-22-23-55-34(26-47)29-8-6-5-7-9-29)12-10-27-16-19-46(20-17-27)25-28-11-13-31-33(24-28)45(4)41(54)49(31)32-14-15-35(50)44-38(32)51/h5-9,11,13,24,27,30,32,34,36-37H,10,12,14-23,25-26,43H2,1-4H3,(H,44,50,51)/t30-,32?,34+,36+,37-/m1/s1. The number of piperidine rings is 2. The van der Waals surface area contributed by atoms with Gasteiger partial charge >= 0.3 is 5.69 Å². The van der Waals surface area contributed by atoms with E-state index < -0.39 is 29.4 Å². The Kier molecular flexibility index (Phi) is 11.3. The van der Waals surface area contributed by atoms with E-state index in [4.69, 9.17) is 10.5 Å². The molecule has 296 valence electrons. The van der Waals surface area contributed by atoms with E-state index in [1.165, 1.54) is 4.57 Å². The Balaban J connectivity index is 0.978. The zero-order valence-corrected chi connectivity index (χ0v) is 32.7. The maximum absolute atomic E-state index is 14.5. The van der Waals surface area contributed by atoms with Crippen LogP contribution in [0.15, 0.2) is 53.3 Å². The molecular formula is C42H57N7O6. The van der Waals surface area contributed by atoms with Gasteiger partial charge in [0.05, 0.1) is 30.2 Å². The first-order chi connectivity index (χ1) is 26.3. The van der Waals surface area contributed by atoms with Crippen molar-refractivity contribution in [1.82, 2.24) is 29.2 Å². The third kappa shape index (κ3) is 8.15. The molecule has 4 saturated heterocycles. The maximum atomic E-state index is 14.5. The summed E-state index contributed by atoms with van der Waals surface area (Å²) in [6.45, 7) is 10.5. The molecule has 4 amide bonds. The minimum Gasteiger partial charge on any atom is -0.370 e. The number of nitrogens with zero attached hydrogens (tertiary/aromatic N) is 5. The normalized spacial score (nSPS) is 25.0. The van der Waals surface area contributed by atoms with Crippen molar-refractivity contribution in [3.8, 4) is 0 Å². The molecule has 0 aliphatic carbocycles. The number of aryl methyl sites for hydroxylation is 1. The van der Waals surface area contributed by atoms with Crippen LogP contribution in [-0.4, -0.2) is 98.9 Å². The fourth-order valence-corrected chi connectivity index (χ4v) is 9.07. The number of ether oxygens (including phenoxy) is 1. The molecule has 3 N–H and O–H groups in total. The van der Waals surface area contributed by atoms with Crippen molar-refractivity contribution in [2.75, 3.05) is 39.3 Å². The van der Waals surface area contributed by atoms with Crippen molar-refractivity contribution in [2.45, 2.75) is 96.5 Å². The Morgan fingerprint density at radius 1 is 0.927 bits per heavy atom. The molecule has 4 aliphatic heterocycles. The number of rotatable bonds is 9. The number of amides is 4. The molecule has 1 aromatic heterocycles. The number of hydrogen-bond donors (Lipinski definition) is 2. The van der Waals surface area contributed by atoms with Crippen LogP contribution in [0.3, 0.4) is 0 Å². The van der Waals surface area contributed by atoms with Crippen molar-refractivity contribution in [3.63, 3.8) is 0 Å². The maximum Gasteiger partial charge on any atom is 0.329 e. The molecule has 4 fully saturated rings. The Hall–Kier alpha value is -4.33. The van der Waals surface area contributed by atoms with Crippen LogP contribution in [0.25, 0.3) is 11.0 Å².